The Labute approximate surface area is 288 Å². The van der Waals surface area contributed by atoms with Gasteiger partial charge in [0.2, 0.25) is 0 Å². The topological polar surface area (TPSA) is 122 Å². The Bertz CT molecular complexity index is 1050. The molecule has 0 saturated carbocycles. The molecule has 3 rings (SSSR count). The summed E-state index contributed by atoms with van der Waals surface area (Å²) in [4.78, 5) is 26.2. The van der Waals surface area contributed by atoms with E-state index in [1.54, 1.807) is 13.8 Å². The molecule has 0 spiro atoms. The summed E-state index contributed by atoms with van der Waals surface area (Å²) in [6.45, 7) is 6.05. The number of benzene rings is 1. The van der Waals surface area contributed by atoms with Gasteiger partial charge in [-0.3, -0.25) is 4.79 Å². The number of alkyl halides is 3. The van der Waals surface area contributed by atoms with Gasteiger partial charge in [-0.15, -0.1) is 11.6 Å². The molecule has 10 nitrogen and oxygen atoms in total. The van der Waals surface area contributed by atoms with E-state index in [0.29, 0.717) is 13.0 Å². The minimum atomic E-state index is -2.02. The molecule has 6 atom stereocenters. The summed E-state index contributed by atoms with van der Waals surface area (Å²) in [5.41, 5.74) is 0.996. The predicted molar refractivity (Wildman–Crippen MR) is 176 cm³/mol. The van der Waals surface area contributed by atoms with Crippen molar-refractivity contribution in [1.29, 1.82) is 0 Å². The highest BCUT2D eigenvalue weighted by Gasteiger charge is 2.53. The summed E-state index contributed by atoms with van der Waals surface area (Å²) >= 11 is 17.4. The number of halogens is 3. The molecule has 2 heterocycles. The lowest BCUT2D eigenvalue weighted by molar-refractivity contribution is -0.365. The van der Waals surface area contributed by atoms with E-state index in [2.05, 4.69) is 12.2 Å². The standard InChI is InChI=1S/C33H50Cl3NO9/c1-4-5-6-7-8-9-10-11-15-18-24(41-20-23-16-13-12-14-17-23)19-26(38)44-29-27(37-31(40)46-33(35,36)22-34)30(39)43-25-21-42-32(2,3)45-28(25)29/h12-14,16-17,24-25,27-30,39H,4-11,15,18-22H2,1-3H3,(H,37,40)/t24-,25-,27-,28-,29-,30+/m1/s1. The quantitative estimate of drug-likeness (QED) is 0.0878. The van der Waals surface area contributed by atoms with Crippen LogP contribution >= 0.6 is 34.8 Å². The molecule has 46 heavy (non-hydrogen) atoms. The molecule has 2 fully saturated rings. The monoisotopic (exact) mass is 709 g/mol. The van der Waals surface area contributed by atoms with E-state index in [1.807, 2.05) is 30.3 Å². The molecule has 13 heteroatoms. The van der Waals surface area contributed by atoms with Gasteiger partial charge in [-0.25, -0.2) is 4.79 Å². The summed E-state index contributed by atoms with van der Waals surface area (Å²) in [5, 5.41) is 13.3. The van der Waals surface area contributed by atoms with Crippen LogP contribution in [0.15, 0.2) is 30.3 Å². The van der Waals surface area contributed by atoms with Crippen LogP contribution in [0.1, 0.15) is 97.0 Å². The Hall–Kier alpha value is -1.37. The number of ether oxygens (including phenoxy) is 6. The fraction of sp³-hybridized carbons (Fsp3) is 0.758. The number of rotatable bonds is 19. The van der Waals surface area contributed by atoms with Crippen LogP contribution in [-0.4, -0.2) is 76.7 Å². The normalized spacial score (nSPS) is 24.9. The van der Waals surface area contributed by atoms with Gasteiger partial charge in [0, 0.05) is 0 Å². The van der Waals surface area contributed by atoms with Crippen molar-refractivity contribution in [3.8, 4) is 0 Å². The van der Waals surface area contributed by atoms with Crippen LogP contribution in [-0.2, 0) is 39.8 Å². The molecule has 2 saturated heterocycles. The first-order chi connectivity index (χ1) is 21.9. The second-order valence-corrected chi connectivity index (χ2v) is 14.1. The van der Waals surface area contributed by atoms with Crippen LogP contribution in [0, 0.1) is 0 Å². The van der Waals surface area contributed by atoms with Crippen molar-refractivity contribution in [3.63, 3.8) is 0 Å². The fourth-order valence-electron chi connectivity index (χ4n) is 5.56. The Morgan fingerprint density at radius 1 is 1.07 bits per heavy atom. The Morgan fingerprint density at radius 3 is 2.37 bits per heavy atom. The van der Waals surface area contributed by atoms with Crippen molar-refractivity contribution in [2.75, 3.05) is 12.5 Å². The zero-order valence-corrected chi connectivity index (χ0v) is 29.4. The summed E-state index contributed by atoms with van der Waals surface area (Å²) in [5.74, 6) is -2.03. The lowest BCUT2D eigenvalue weighted by Gasteiger charge is -2.49. The van der Waals surface area contributed by atoms with E-state index in [4.69, 9.17) is 63.2 Å². The molecule has 2 N–H and O–H groups in total. The van der Waals surface area contributed by atoms with Gasteiger partial charge >= 0.3 is 12.1 Å². The predicted octanol–water partition coefficient (Wildman–Crippen LogP) is 7.13. The second kappa shape index (κ2) is 19.6. The number of aliphatic hydroxyl groups excluding tert-OH is 1. The van der Waals surface area contributed by atoms with Crippen molar-refractivity contribution in [3.05, 3.63) is 35.9 Å². The minimum absolute atomic E-state index is 0.0372. The smallest absolute Gasteiger partial charge is 0.410 e. The molecule has 2 aliphatic rings. The summed E-state index contributed by atoms with van der Waals surface area (Å²) in [7, 11) is 0. The number of fused-ring (bicyclic) bond motifs is 1. The highest BCUT2D eigenvalue weighted by atomic mass is 35.5. The van der Waals surface area contributed by atoms with Crippen molar-refractivity contribution < 1.29 is 43.1 Å². The van der Waals surface area contributed by atoms with Gasteiger partial charge in [-0.2, -0.15) is 0 Å². The third kappa shape index (κ3) is 13.6. The number of aliphatic hydroxyl groups is 1. The molecule has 0 radical (unpaired) electrons. The molecule has 1 aromatic rings. The van der Waals surface area contributed by atoms with Gasteiger partial charge in [0.15, 0.2) is 18.2 Å². The lowest BCUT2D eigenvalue weighted by Crippen LogP contribution is -2.69. The van der Waals surface area contributed by atoms with Gasteiger partial charge in [0.25, 0.3) is 4.52 Å². The van der Waals surface area contributed by atoms with Crippen LogP contribution in [0.25, 0.3) is 0 Å². The van der Waals surface area contributed by atoms with Gasteiger partial charge in [0.05, 0.1) is 31.6 Å². The number of esters is 1. The first-order valence-corrected chi connectivity index (χ1v) is 17.7. The summed E-state index contributed by atoms with van der Waals surface area (Å²) < 4.78 is 32.6. The van der Waals surface area contributed by atoms with Crippen LogP contribution < -0.4 is 5.32 Å². The van der Waals surface area contributed by atoms with E-state index in [1.165, 1.54) is 38.5 Å². The molecular formula is C33H50Cl3NO9. The number of alkyl carbamates (subject to hydrolysis) is 1. The van der Waals surface area contributed by atoms with Crippen molar-refractivity contribution in [1.82, 2.24) is 5.32 Å². The minimum Gasteiger partial charge on any atom is -0.457 e. The van der Waals surface area contributed by atoms with Crippen LogP contribution in [0.5, 0.6) is 0 Å². The molecule has 0 unspecified atom stereocenters. The molecule has 1 aromatic carbocycles. The molecule has 1 amide bonds. The summed E-state index contributed by atoms with van der Waals surface area (Å²) in [6.07, 6.45) is 5.35. The van der Waals surface area contributed by atoms with Gasteiger partial charge < -0.3 is 38.8 Å². The number of amides is 1. The number of carbonyl (C=O) groups is 2. The maximum absolute atomic E-state index is 13.5. The first-order valence-electron chi connectivity index (χ1n) is 16.4. The maximum Gasteiger partial charge on any atom is 0.410 e. The maximum atomic E-state index is 13.5. The van der Waals surface area contributed by atoms with E-state index in [0.717, 1.165) is 24.8 Å². The van der Waals surface area contributed by atoms with Crippen molar-refractivity contribution in [2.24, 2.45) is 0 Å². The Kier molecular flexibility index (Phi) is 16.6. The van der Waals surface area contributed by atoms with Gasteiger partial charge in [0.1, 0.15) is 18.2 Å². The van der Waals surface area contributed by atoms with E-state index < -0.39 is 65.0 Å². The number of hydrogen-bond acceptors (Lipinski definition) is 9. The molecule has 0 bridgehead atoms. The largest absolute Gasteiger partial charge is 0.457 e. The average molecular weight is 711 g/mol. The number of unbranched alkanes of at least 4 members (excludes halogenated alkanes) is 8. The number of hydrogen-bond donors (Lipinski definition) is 2. The molecule has 0 aromatic heterocycles. The van der Waals surface area contributed by atoms with E-state index in [-0.39, 0.29) is 13.0 Å². The van der Waals surface area contributed by atoms with Crippen molar-refractivity contribution >= 4 is 46.9 Å². The van der Waals surface area contributed by atoms with E-state index in [9.17, 15) is 14.7 Å². The molecule has 2 aliphatic heterocycles. The Balaban J connectivity index is 1.67. The molecule has 0 aliphatic carbocycles. The summed E-state index contributed by atoms with van der Waals surface area (Å²) in [6, 6.07) is 8.47. The molecule has 262 valence electrons. The number of nitrogens with one attached hydrogen (secondary N) is 1. The highest BCUT2D eigenvalue weighted by molar-refractivity contribution is 6.50. The SMILES string of the molecule is CCCCCCCCCCC[C@H](CC(=O)O[C@@H]1[C@@H](NC(=O)OC(Cl)(Cl)CCl)[C@@H](O)O[C@@H]2COC(C)(C)O[C@@H]12)OCc1ccccc1. The first kappa shape index (κ1) is 39.1. The average Bonchev–Trinajstić information content (AvgIpc) is 3.01. The Morgan fingerprint density at radius 2 is 1.72 bits per heavy atom. The van der Waals surface area contributed by atoms with Crippen LogP contribution in [0.3, 0.4) is 0 Å². The lowest BCUT2D eigenvalue weighted by atomic mass is 9.95. The van der Waals surface area contributed by atoms with Gasteiger partial charge in [-0.1, -0.05) is 118 Å². The number of carbonyl (C=O) groups excluding carboxylic acids is 2. The van der Waals surface area contributed by atoms with Crippen molar-refractivity contribution in [2.45, 2.75) is 145 Å². The third-order valence-corrected chi connectivity index (χ3v) is 9.05. The molecular weight excluding hydrogens is 661 g/mol. The van der Waals surface area contributed by atoms with Crippen LogP contribution in [0.4, 0.5) is 4.79 Å². The van der Waals surface area contributed by atoms with Crippen LogP contribution in [0.2, 0.25) is 0 Å². The zero-order chi connectivity index (χ0) is 33.6. The fourth-order valence-corrected chi connectivity index (χ4v) is 5.76. The second-order valence-electron chi connectivity index (χ2n) is 12.4. The highest BCUT2D eigenvalue weighted by Crippen LogP contribution is 2.34. The van der Waals surface area contributed by atoms with E-state index >= 15 is 0 Å². The van der Waals surface area contributed by atoms with Gasteiger partial charge in [-0.05, 0) is 25.8 Å². The third-order valence-electron chi connectivity index (χ3n) is 7.98. The zero-order valence-electron chi connectivity index (χ0n) is 27.1.